The highest BCUT2D eigenvalue weighted by Crippen LogP contribution is 2.26. The largest absolute Gasteiger partial charge is 0.504 e. The molecule has 0 saturated heterocycles. The number of hydrogen-bond donors (Lipinski definition) is 2. The number of benzene rings is 2. The van der Waals surface area contributed by atoms with Crippen LogP contribution in [0.1, 0.15) is 27.9 Å². The molecule has 0 saturated carbocycles. The molecule has 0 radical (unpaired) electrons. The number of nitrogens with one attached hydrogen (secondary N) is 1. The van der Waals surface area contributed by atoms with E-state index in [0.29, 0.717) is 11.3 Å². The summed E-state index contributed by atoms with van der Waals surface area (Å²) in [5, 5.41) is 12.8. The monoisotopic (exact) mass is 297 g/mol. The van der Waals surface area contributed by atoms with Gasteiger partial charge in [-0.25, -0.2) is 0 Å². The smallest absolute Gasteiger partial charge is 0.251 e. The van der Waals surface area contributed by atoms with Crippen LogP contribution < -0.4 is 10.1 Å². The first-order valence-corrected chi connectivity index (χ1v) is 7.42. The molecule has 3 rings (SSSR count). The second-order valence-electron chi connectivity index (χ2n) is 5.57. The van der Waals surface area contributed by atoms with Gasteiger partial charge in [0.1, 0.15) is 0 Å². The van der Waals surface area contributed by atoms with E-state index in [4.69, 9.17) is 4.74 Å². The standard InChI is InChI=1S/C18H19NO3/c1-22-17-9-7-14(11-16(17)20)18(21)19-15-8-6-12-4-2-3-5-13(12)10-15/h2-5,7,9,11,15,20H,6,8,10H2,1H3,(H,19,21). The molecule has 22 heavy (non-hydrogen) atoms. The van der Waals surface area contributed by atoms with Crippen molar-refractivity contribution in [2.24, 2.45) is 0 Å². The topological polar surface area (TPSA) is 58.6 Å². The summed E-state index contributed by atoms with van der Waals surface area (Å²) in [4.78, 5) is 12.3. The normalized spacial score (nSPS) is 16.7. The number of carbonyl (C=O) groups excluding carboxylic acids is 1. The number of aromatic hydroxyl groups is 1. The Hall–Kier alpha value is -2.49. The maximum Gasteiger partial charge on any atom is 0.251 e. The summed E-state index contributed by atoms with van der Waals surface area (Å²) < 4.78 is 4.99. The zero-order valence-electron chi connectivity index (χ0n) is 12.5. The fourth-order valence-corrected chi connectivity index (χ4v) is 2.92. The molecule has 0 heterocycles. The Morgan fingerprint density at radius 3 is 2.73 bits per heavy atom. The second kappa shape index (κ2) is 6.10. The molecule has 1 atom stereocenters. The molecule has 0 aliphatic heterocycles. The van der Waals surface area contributed by atoms with Crippen molar-refractivity contribution in [1.82, 2.24) is 5.32 Å². The summed E-state index contributed by atoms with van der Waals surface area (Å²) in [6.45, 7) is 0. The van der Waals surface area contributed by atoms with E-state index >= 15 is 0 Å². The molecule has 2 aromatic rings. The van der Waals surface area contributed by atoms with E-state index < -0.39 is 0 Å². The van der Waals surface area contributed by atoms with E-state index in [9.17, 15) is 9.90 Å². The van der Waals surface area contributed by atoms with E-state index in [0.717, 1.165) is 19.3 Å². The van der Waals surface area contributed by atoms with Crippen molar-refractivity contribution >= 4 is 5.91 Å². The Morgan fingerprint density at radius 1 is 1.23 bits per heavy atom. The van der Waals surface area contributed by atoms with Crippen molar-refractivity contribution in [3.63, 3.8) is 0 Å². The van der Waals surface area contributed by atoms with Crippen LogP contribution in [0.4, 0.5) is 0 Å². The number of phenolic OH excluding ortho intramolecular Hbond substituents is 1. The summed E-state index contributed by atoms with van der Waals surface area (Å²) in [6, 6.07) is 13.2. The Kier molecular flexibility index (Phi) is 4.00. The van der Waals surface area contributed by atoms with Crippen LogP contribution >= 0.6 is 0 Å². The quantitative estimate of drug-likeness (QED) is 0.915. The van der Waals surface area contributed by atoms with Crippen LogP contribution in [0.25, 0.3) is 0 Å². The van der Waals surface area contributed by atoms with Gasteiger partial charge in [-0.1, -0.05) is 24.3 Å². The number of rotatable bonds is 3. The predicted molar refractivity (Wildman–Crippen MR) is 84.4 cm³/mol. The van der Waals surface area contributed by atoms with Gasteiger partial charge in [0, 0.05) is 11.6 Å². The summed E-state index contributed by atoms with van der Waals surface area (Å²) in [6.07, 6.45) is 2.77. The first kappa shape index (κ1) is 14.4. The van der Waals surface area contributed by atoms with Crippen molar-refractivity contribution < 1.29 is 14.6 Å². The summed E-state index contributed by atoms with van der Waals surface area (Å²) >= 11 is 0. The van der Waals surface area contributed by atoms with Crippen LogP contribution in [0.3, 0.4) is 0 Å². The third-order valence-corrected chi connectivity index (χ3v) is 4.12. The molecule has 1 unspecified atom stereocenters. The zero-order valence-corrected chi connectivity index (χ0v) is 12.5. The van der Waals surface area contributed by atoms with E-state index in [1.54, 1.807) is 12.1 Å². The number of ether oxygens (including phenoxy) is 1. The lowest BCUT2D eigenvalue weighted by Crippen LogP contribution is -2.38. The fraction of sp³-hybridized carbons (Fsp3) is 0.278. The van der Waals surface area contributed by atoms with Crippen molar-refractivity contribution in [2.45, 2.75) is 25.3 Å². The van der Waals surface area contributed by atoms with Crippen molar-refractivity contribution in [3.8, 4) is 11.5 Å². The molecule has 1 aliphatic rings. The Balaban J connectivity index is 1.69. The molecule has 1 aliphatic carbocycles. The molecule has 1 amide bonds. The SMILES string of the molecule is COc1ccc(C(=O)NC2CCc3ccccc3C2)cc1O. The fourth-order valence-electron chi connectivity index (χ4n) is 2.92. The molecular formula is C18H19NO3. The molecule has 2 aromatic carbocycles. The van der Waals surface area contributed by atoms with Crippen LogP contribution in [0, 0.1) is 0 Å². The lowest BCUT2D eigenvalue weighted by Gasteiger charge is -2.25. The van der Waals surface area contributed by atoms with Crippen molar-refractivity contribution in [2.75, 3.05) is 7.11 Å². The van der Waals surface area contributed by atoms with Gasteiger partial charge in [0.2, 0.25) is 0 Å². The molecular weight excluding hydrogens is 278 g/mol. The Bertz CT molecular complexity index is 696. The molecule has 4 nitrogen and oxygen atoms in total. The van der Waals surface area contributed by atoms with Crippen LogP contribution in [-0.2, 0) is 12.8 Å². The van der Waals surface area contributed by atoms with Crippen LogP contribution in [-0.4, -0.2) is 24.2 Å². The molecule has 0 spiro atoms. The van der Waals surface area contributed by atoms with Crippen LogP contribution in [0.2, 0.25) is 0 Å². The van der Waals surface area contributed by atoms with Gasteiger partial charge in [0.15, 0.2) is 11.5 Å². The van der Waals surface area contributed by atoms with E-state index in [1.807, 2.05) is 6.07 Å². The lowest BCUT2D eigenvalue weighted by atomic mass is 9.88. The highest BCUT2D eigenvalue weighted by atomic mass is 16.5. The molecule has 4 heteroatoms. The molecule has 0 fully saturated rings. The predicted octanol–water partition coefficient (Wildman–Crippen LogP) is 2.69. The lowest BCUT2D eigenvalue weighted by molar-refractivity contribution is 0.0933. The molecule has 114 valence electrons. The number of carbonyl (C=O) groups is 1. The second-order valence-corrected chi connectivity index (χ2v) is 5.57. The highest BCUT2D eigenvalue weighted by Gasteiger charge is 2.20. The first-order chi connectivity index (χ1) is 10.7. The molecule has 0 bridgehead atoms. The van der Waals surface area contributed by atoms with Gasteiger partial charge >= 0.3 is 0 Å². The van der Waals surface area contributed by atoms with Gasteiger partial charge in [-0.2, -0.15) is 0 Å². The number of phenols is 1. The van der Waals surface area contributed by atoms with Gasteiger partial charge in [-0.05, 0) is 48.6 Å². The third-order valence-electron chi connectivity index (χ3n) is 4.12. The van der Waals surface area contributed by atoms with Crippen LogP contribution in [0.5, 0.6) is 11.5 Å². The van der Waals surface area contributed by atoms with E-state index in [2.05, 4.69) is 23.5 Å². The van der Waals surface area contributed by atoms with Gasteiger partial charge in [-0.3, -0.25) is 4.79 Å². The van der Waals surface area contributed by atoms with E-state index in [-0.39, 0.29) is 17.7 Å². The highest BCUT2D eigenvalue weighted by molar-refractivity contribution is 5.95. The number of aryl methyl sites for hydroxylation is 1. The Labute approximate surface area is 129 Å². The molecule has 0 aromatic heterocycles. The third kappa shape index (κ3) is 2.91. The average Bonchev–Trinajstić information content (AvgIpc) is 2.54. The number of hydrogen-bond acceptors (Lipinski definition) is 3. The summed E-state index contributed by atoms with van der Waals surface area (Å²) in [5.41, 5.74) is 3.11. The zero-order chi connectivity index (χ0) is 15.5. The summed E-state index contributed by atoms with van der Waals surface area (Å²) in [7, 11) is 1.48. The number of fused-ring (bicyclic) bond motifs is 1. The Morgan fingerprint density at radius 2 is 2.00 bits per heavy atom. The maximum atomic E-state index is 12.3. The van der Waals surface area contributed by atoms with Gasteiger partial charge in [0.05, 0.1) is 7.11 Å². The van der Waals surface area contributed by atoms with E-state index in [1.165, 1.54) is 24.3 Å². The first-order valence-electron chi connectivity index (χ1n) is 7.42. The number of amides is 1. The minimum Gasteiger partial charge on any atom is -0.504 e. The van der Waals surface area contributed by atoms with Crippen molar-refractivity contribution in [3.05, 3.63) is 59.2 Å². The molecule has 2 N–H and O–H groups in total. The summed E-state index contributed by atoms with van der Waals surface area (Å²) in [5.74, 6) is 0.176. The van der Waals surface area contributed by atoms with Gasteiger partial charge in [0.25, 0.3) is 5.91 Å². The maximum absolute atomic E-state index is 12.3. The van der Waals surface area contributed by atoms with Crippen molar-refractivity contribution in [1.29, 1.82) is 0 Å². The van der Waals surface area contributed by atoms with Gasteiger partial charge in [-0.15, -0.1) is 0 Å². The minimum absolute atomic E-state index is 0.0239. The number of methoxy groups -OCH3 is 1. The average molecular weight is 297 g/mol. The van der Waals surface area contributed by atoms with Crippen LogP contribution in [0.15, 0.2) is 42.5 Å². The van der Waals surface area contributed by atoms with Gasteiger partial charge < -0.3 is 15.2 Å². The minimum atomic E-state index is -0.165.